The average Bonchev–Trinajstić information content (AvgIpc) is 3.10. The summed E-state index contributed by atoms with van der Waals surface area (Å²) in [6, 6.07) is 0.622. The predicted octanol–water partition coefficient (Wildman–Crippen LogP) is 0.164. The third-order valence-electron chi connectivity index (χ3n) is 5.49. The minimum Gasteiger partial charge on any atom is -0.379 e. The lowest BCUT2D eigenvalue weighted by atomic mass is 9.95. The molecule has 0 radical (unpaired) electrons. The van der Waals surface area contributed by atoms with Crippen molar-refractivity contribution in [1.29, 1.82) is 0 Å². The highest BCUT2D eigenvalue weighted by Gasteiger charge is 2.33. The third kappa shape index (κ3) is 3.12. The molecule has 1 amide bonds. The predicted molar refractivity (Wildman–Crippen MR) is 83.8 cm³/mol. The molecule has 7 heteroatoms. The largest absolute Gasteiger partial charge is 0.379 e. The number of amides is 1. The summed E-state index contributed by atoms with van der Waals surface area (Å²) in [5.41, 5.74) is 0. The lowest BCUT2D eigenvalue weighted by molar-refractivity contribution is -0.138. The van der Waals surface area contributed by atoms with Crippen molar-refractivity contribution in [2.24, 2.45) is 5.92 Å². The van der Waals surface area contributed by atoms with Crippen molar-refractivity contribution in [2.45, 2.75) is 38.3 Å². The molecule has 3 aliphatic heterocycles. The van der Waals surface area contributed by atoms with Gasteiger partial charge in [0.15, 0.2) is 0 Å². The molecule has 1 atom stereocenters. The van der Waals surface area contributed by atoms with E-state index in [-0.39, 0.29) is 5.92 Å². The monoisotopic (exact) mass is 319 g/mol. The Hall–Kier alpha value is -1.47. The number of ether oxygens (including phenoxy) is 1. The molecule has 0 N–H and O–H groups in total. The van der Waals surface area contributed by atoms with Gasteiger partial charge in [-0.25, -0.2) is 9.67 Å². The van der Waals surface area contributed by atoms with Gasteiger partial charge in [-0.1, -0.05) is 0 Å². The number of likely N-dealkylation sites (tertiary alicyclic amines) is 1. The van der Waals surface area contributed by atoms with Crippen LogP contribution in [0.5, 0.6) is 0 Å². The van der Waals surface area contributed by atoms with E-state index < -0.39 is 0 Å². The smallest absolute Gasteiger partial charge is 0.227 e. The minimum atomic E-state index is 0.0733. The molecule has 1 unspecified atom stereocenters. The molecule has 126 valence electrons. The molecule has 4 rings (SSSR count). The van der Waals surface area contributed by atoms with Crippen molar-refractivity contribution in [3.05, 3.63) is 12.2 Å². The van der Waals surface area contributed by atoms with Gasteiger partial charge in [0, 0.05) is 38.6 Å². The summed E-state index contributed by atoms with van der Waals surface area (Å²) in [6.45, 7) is 6.25. The summed E-state index contributed by atoms with van der Waals surface area (Å²) >= 11 is 0. The first-order valence-corrected chi connectivity index (χ1v) is 8.78. The van der Waals surface area contributed by atoms with Crippen LogP contribution in [-0.4, -0.2) is 75.9 Å². The van der Waals surface area contributed by atoms with Crippen molar-refractivity contribution >= 4 is 5.91 Å². The molecule has 2 fully saturated rings. The van der Waals surface area contributed by atoms with Gasteiger partial charge in [-0.05, 0) is 19.3 Å². The molecule has 0 aliphatic carbocycles. The van der Waals surface area contributed by atoms with Crippen LogP contribution in [0.25, 0.3) is 0 Å². The van der Waals surface area contributed by atoms with Crippen molar-refractivity contribution in [3.63, 3.8) is 0 Å². The summed E-state index contributed by atoms with van der Waals surface area (Å²) in [5, 5.41) is 4.22. The van der Waals surface area contributed by atoms with Crippen molar-refractivity contribution in [1.82, 2.24) is 24.6 Å². The summed E-state index contributed by atoms with van der Waals surface area (Å²) < 4.78 is 7.33. The molecule has 0 spiro atoms. The highest BCUT2D eigenvalue weighted by atomic mass is 16.5. The summed E-state index contributed by atoms with van der Waals surface area (Å²) in [5.74, 6) is 1.40. The number of fused-ring (bicyclic) bond motifs is 1. The molecular weight excluding hydrogens is 294 g/mol. The summed E-state index contributed by atoms with van der Waals surface area (Å²) in [4.78, 5) is 21.6. The zero-order valence-corrected chi connectivity index (χ0v) is 13.6. The zero-order chi connectivity index (χ0) is 15.6. The van der Waals surface area contributed by atoms with E-state index in [1.807, 2.05) is 4.68 Å². The van der Waals surface area contributed by atoms with E-state index in [1.54, 1.807) is 6.33 Å². The van der Waals surface area contributed by atoms with Gasteiger partial charge in [0.2, 0.25) is 5.91 Å². The molecule has 3 aliphatic rings. The molecule has 0 saturated carbocycles. The Bertz CT molecular complexity index is 546. The molecule has 2 saturated heterocycles. The van der Waals surface area contributed by atoms with E-state index in [9.17, 15) is 4.79 Å². The molecule has 1 aromatic rings. The first kappa shape index (κ1) is 15.1. The second kappa shape index (κ2) is 6.57. The average molecular weight is 319 g/mol. The van der Waals surface area contributed by atoms with E-state index in [1.165, 1.54) is 0 Å². The Kier molecular flexibility index (Phi) is 4.31. The van der Waals surface area contributed by atoms with Crippen LogP contribution in [-0.2, 0) is 22.5 Å². The number of hydrogen-bond donors (Lipinski definition) is 0. The zero-order valence-electron chi connectivity index (χ0n) is 13.6. The van der Waals surface area contributed by atoms with Gasteiger partial charge in [-0.15, -0.1) is 0 Å². The lowest BCUT2D eigenvalue weighted by Crippen LogP contribution is -2.51. The van der Waals surface area contributed by atoms with Crippen LogP contribution in [0.3, 0.4) is 0 Å². The van der Waals surface area contributed by atoms with Crippen LogP contribution in [0.1, 0.15) is 25.1 Å². The van der Waals surface area contributed by atoms with Gasteiger partial charge in [0.05, 0.1) is 25.7 Å². The molecule has 1 aromatic heterocycles. The van der Waals surface area contributed by atoms with Crippen LogP contribution in [0.15, 0.2) is 6.33 Å². The van der Waals surface area contributed by atoms with E-state index in [2.05, 4.69) is 19.9 Å². The van der Waals surface area contributed by atoms with Crippen molar-refractivity contribution in [2.75, 3.05) is 39.4 Å². The second-order valence-corrected chi connectivity index (χ2v) is 6.80. The van der Waals surface area contributed by atoms with E-state index >= 15 is 0 Å². The molecule has 23 heavy (non-hydrogen) atoms. The van der Waals surface area contributed by atoms with Crippen LogP contribution in [0, 0.1) is 5.92 Å². The highest BCUT2D eigenvalue weighted by molar-refractivity contribution is 5.79. The SMILES string of the molecule is O=C(C1CCc2ncnn2C1)N1CCC(N2CCOCC2)CC1. The number of aryl methyl sites for hydroxylation is 1. The maximum absolute atomic E-state index is 12.8. The number of carbonyl (C=O) groups excluding carboxylic acids is 1. The van der Waals surface area contributed by atoms with Gasteiger partial charge in [0.1, 0.15) is 12.2 Å². The van der Waals surface area contributed by atoms with E-state index in [0.29, 0.717) is 18.5 Å². The van der Waals surface area contributed by atoms with Gasteiger partial charge in [-0.3, -0.25) is 9.69 Å². The minimum absolute atomic E-state index is 0.0733. The molecule has 4 heterocycles. The number of aromatic nitrogens is 3. The fraction of sp³-hybridized carbons (Fsp3) is 0.812. The highest BCUT2D eigenvalue weighted by Crippen LogP contribution is 2.23. The van der Waals surface area contributed by atoms with Crippen LogP contribution < -0.4 is 0 Å². The Morgan fingerprint density at radius 2 is 1.91 bits per heavy atom. The normalized spacial score (nSPS) is 27.0. The quantitative estimate of drug-likeness (QED) is 0.777. The Balaban J connectivity index is 1.31. The Morgan fingerprint density at radius 1 is 1.13 bits per heavy atom. The Labute approximate surface area is 136 Å². The van der Waals surface area contributed by atoms with Gasteiger partial charge in [-0.2, -0.15) is 5.10 Å². The first-order valence-electron chi connectivity index (χ1n) is 8.78. The fourth-order valence-electron chi connectivity index (χ4n) is 4.09. The van der Waals surface area contributed by atoms with Gasteiger partial charge < -0.3 is 9.64 Å². The second-order valence-electron chi connectivity index (χ2n) is 6.80. The third-order valence-corrected chi connectivity index (χ3v) is 5.49. The van der Waals surface area contributed by atoms with Crippen molar-refractivity contribution in [3.8, 4) is 0 Å². The standard InChI is InChI=1S/C16H25N5O2/c22-16(13-1-2-15-17-12-18-21(15)11-13)20-5-3-14(4-6-20)19-7-9-23-10-8-19/h12-14H,1-11H2. The van der Waals surface area contributed by atoms with Crippen molar-refractivity contribution < 1.29 is 9.53 Å². The van der Waals surface area contributed by atoms with E-state index in [0.717, 1.165) is 70.9 Å². The number of rotatable bonds is 2. The topological polar surface area (TPSA) is 63.5 Å². The van der Waals surface area contributed by atoms with Gasteiger partial charge in [0.25, 0.3) is 0 Å². The molecular formula is C16H25N5O2. The fourth-order valence-corrected chi connectivity index (χ4v) is 4.09. The maximum Gasteiger partial charge on any atom is 0.227 e. The molecule has 0 aromatic carbocycles. The van der Waals surface area contributed by atoms with Crippen LogP contribution >= 0.6 is 0 Å². The Morgan fingerprint density at radius 3 is 2.70 bits per heavy atom. The number of carbonyl (C=O) groups is 1. The van der Waals surface area contributed by atoms with E-state index in [4.69, 9.17) is 4.74 Å². The van der Waals surface area contributed by atoms with Gasteiger partial charge >= 0.3 is 0 Å². The number of hydrogen-bond acceptors (Lipinski definition) is 5. The summed E-state index contributed by atoms with van der Waals surface area (Å²) in [7, 11) is 0. The number of morpholine rings is 1. The van der Waals surface area contributed by atoms with Crippen LogP contribution in [0.2, 0.25) is 0 Å². The van der Waals surface area contributed by atoms with Crippen LogP contribution in [0.4, 0.5) is 0 Å². The molecule has 7 nitrogen and oxygen atoms in total. The maximum atomic E-state index is 12.8. The molecule has 0 bridgehead atoms. The summed E-state index contributed by atoms with van der Waals surface area (Å²) in [6.07, 6.45) is 5.54. The lowest BCUT2D eigenvalue weighted by Gasteiger charge is -2.41. The number of nitrogens with zero attached hydrogens (tertiary/aromatic N) is 5. The number of piperidine rings is 1. The first-order chi connectivity index (χ1) is 11.3.